The lowest BCUT2D eigenvalue weighted by atomic mass is 10.1. The molecule has 1 aromatic rings. The van der Waals surface area contributed by atoms with Gasteiger partial charge in [0.1, 0.15) is 5.60 Å². The highest BCUT2D eigenvalue weighted by Gasteiger charge is 2.40. The van der Waals surface area contributed by atoms with Crippen molar-refractivity contribution in [2.45, 2.75) is 44.9 Å². The van der Waals surface area contributed by atoms with E-state index < -0.39 is 0 Å². The number of nitrogens with two attached hydrogens (primary N) is 1. The number of hydrogen-bond acceptors (Lipinski definition) is 3. The third-order valence-corrected chi connectivity index (χ3v) is 3.06. The van der Waals surface area contributed by atoms with Crippen LogP contribution < -0.4 is 5.73 Å². The maximum atomic E-state index is 5.91. The fourth-order valence-corrected chi connectivity index (χ4v) is 2.26. The second kappa shape index (κ2) is 2.31. The van der Waals surface area contributed by atoms with Gasteiger partial charge in [-0.05, 0) is 26.7 Å². The fourth-order valence-electron chi connectivity index (χ4n) is 2.26. The Hall–Kier alpha value is -1.03. The first-order valence-electron chi connectivity index (χ1n) is 5.10. The number of rotatable bonds is 1. The number of nitrogens with zero attached hydrogens (tertiary/aromatic N) is 2. The Balaban J connectivity index is 2.19. The lowest BCUT2D eigenvalue weighted by Crippen LogP contribution is -2.20. The number of imidazole rings is 1. The van der Waals surface area contributed by atoms with Crippen LogP contribution in [-0.2, 0) is 16.9 Å². The highest BCUT2D eigenvalue weighted by Crippen LogP contribution is 2.45. The summed E-state index contributed by atoms with van der Waals surface area (Å²) in [4.78, 5) is 4.36. The number of aromatic nitrogens is 2. The fraction of sp³-hybridized carbons (Fsp3) is 0.700. The molecule has 0 bridgehead atoms. The molecule has 1 aliphatic carbocycles. The summed E-state index contributed by atoms with van der Waals surface area (Å²) < 4.78 is 7.85. The van der Waals surface area contributed by atoms with Gasteiger partial charge < -0.3 is 15.0 Å². The largest absolute Gasteiger partial charge is 0.369 e. The van der Waals surface area contributed by atoms with Gasteiger partial charge in [-0.25, -0.2) is 4.98 Å². The number of fused-ring (bicyclic) bond motifs is 1. The van der Waals surface area contributed by atoms with Crippen molar-refractivity contribution in [3.8, 4) is 0 Å². The molecule has 0 unspecified atom stereocenters. The third kappa shape index (κ3) is 0.945. The van der Waals surface area contributed by atoms with Crippen LogP contribution in [0.3, 0.4) is 0 Å². The molecule has 2 N–H and O–H groups in total. The summed E-state index contributed by atoms with van der Waals surface area (Å²) >= 11 is 0. The molecule has 1 fully saturated rings. The van der Waals surface area contributed by atoms with Crippen LogP contribution in [0.25, 0.3) is 0 Å². The number of nitrogen functional groups attached to an aromatic ring is 1. The minimum absolute atomic E-state index is 0.220. The molecule has 1 aliphatic heterocycles. The second-order valence-corrected chi connectivity index (χ2v) is 4.67. The maximum absolute atomic E-state index is 5.91. The summed E-state index contributed by atoms with van der Waals surface area (Å²) in [6.07, 6.45) is 2.45. The van der Waals surface area contributed by atoms with Crippen molar-refractivity contribution < 1.29 is 4.74 Å². The summed E-state index contributed by atoms with van der Waals surface area (Å²) in [5.74, 6) is 0.661. The molecule has 4 heteroatoms. The van der Waals surface area contributed by atoms with Crippen molar-refractivity contribution in [1.29, 1.82) is 0 Å². The van der Waals surface area contributed by atoms with Crippen LogP contribution in [0.15, 0.2) is 0 Å². The van der Waals surface area contributed by atoms with Crippen LogP contribution in [0, 0.1) is 0 Å². The van der Waals surface area contributed by atoms with Gasteiger partial charge in [-0.15, -0.1) is 0 Å². The Bertz CT molecular complexity index is 390. The molecule has 14 heavy (non-hydrogen) atoms. The van der Waals surface area contributed by atoms with Crippen LogP contribution in [0.5, 0.6) is 0 Å². The van der Waals surface area contributed by atoms with Crippen molar-refractivity contribution in [3.05, 3.63) is 11.4 Å². The number of ether oxygens (including phenoxy) is 1. The minimum atomic E-state index is -0.220. The van der Waals surface area contributed by atoms with Gasteiger partial charge in [0.25, 0.3) is 0 Å². The highest BCUT2D eigenvalue weighted by molar-refractivity contribution is 5.36. The lowest BCUT2D eigenvalue weighted by Gasteiger charge is -2.21. The quantitative estimate of drug-likeness (QED) is 0.736. The van der Waals surface area contributed by atoms with Crippen LogP contribution in [-0.4, -0.2) is 9.55 Å². The van der Waals surface area contributed by atoms with Gasteiger partial charge in [0.2, 0.25) is 5.95 Å². The van der Waals surface area contributed by atoms with Crippen molar-refractivity contribution in [1.82, 2.24) is 9.55 Å². The first kappa shape index (κ1) is 8.29. The lowest BCUT2D eigenvalue weighted by molar-refractivity contribution is -0.0134. The first-order valence-corrected chi connectivity index (χ1v) is 5.10. The van der Waals surface area contributed by atoms with Gasteiger partial charge >= 0.3 is 0 Å². The minimum Gasteiger partial charge on any atom is -0.369 e. The highest BCUT2D eigenvalue weighted by atomic mass is 16.5. The van der Waals surface area contributed by atoms with E-state index in [9.17, 15) is 0 Å². The van der Waals surface area contributed by atoms with E-state index in [1.807, 2.05) is 0 Å². The zero-order chi connectivity index (χ0) is 9.92. The zero-order valence-electron chi connectivity index (χ0n) is 8.58. The molecule has 0 saturated heterocycles. The molecule has 0 aromatic carbocycles. The summed E-state index contributed by atoms with van der Waals surface area (Å²) in [5, 5.41) is 0. The summed E-state index contributed by atoms with van der Waals surface area (Å²) in [6.45, 7) is 4.77. The van der Waals surface area contributed by atoms with E-state index in [-0.39, 0.29) is 5.60 Å². The summed E-state index contributed by atoms with van der Waals surface area (Å²) in [7, 11) is 0. The van der Waals surface area contributed by atoms with E-state index in [4.69, 9.17) is 10.5 Å². The van der Waals surface area contributed by atoms with Crippen LogP contribution in [0.4, 0.5) is 5.95 Å². The van der Waals surface area contributed by atoms with Gasteiger partial charge in [-0.3, -0.25) is 0 Å². The van der Waals surface area contributed by atoms with Gasteiger partial charge in [-0.2, -0.15) is 0 Å². The molecular formula is C10H15N3O. The molecule has 3 rings (SSSR count). The molecule has 2 aliphatic rings. The van der Waals surface area contributed by atoms with Crippen LogP contribution in [0.2, 0.25) is 0 Å². The van der Waals surface area contributed by atoms with Gasteiger partial charge in [0.05, 0.1) is 18.0 Å². The number of hydrogen-bond donors (Lipinski definition) is 1. The molecular weight excluding hydrogens is 178 g/mol. The molecule has 0 atom stereocenters. The maximum Gasteiger partial charge on any atom is 0.201 e. The van der Waals surface area contributed by atoms with Gasteiger partial charge in [0, 0.05) is 6.04 Å². The average Bonchev–Trinajstić information content (AvgIpc) is 2.81. The first-order chi connectivity index (χ1) is 6.59. The molecule has 4 nitrogen and oxygen atoms in total. The summed E-state index contributed by atoms with van der Waals surface area (Å²) in [5.41, 5.74) is 7.91. The number of anilines is 1. The topological polar surface area (TPSA) is 53.1 Å². The molecule has 2 heterocycles. The monoisotopic (exact) mass is 193 g/mol. The van der Waals surface area contributed by atoms with E-state index in [1.54, 1.807) is 0 Å². The van der Waals surface area contributed by atoms with Crippen molar-refractivity contribution >= 4 is 5.95 Å². The normalized spacial score (nSPS) is 23.9. The molecule has 1 aromatic heterocycles. The van der Waals surface area contributed by atoms with E-state index in [0.717, 1.165) is 5.69 Å². The Labute approximate surface area is 83.1 Å². The Morgan fingerprint density at radius 2 is 2.21 bits per heavy atom. The molecule has 0 radical (unpaired) electrons. The van der Waals surface area contributed by atoms with E-state index in [1.165, 1.54) is 18.5 Å². The van der Waals surface area contributed by atoms with Gasteiger partial charge in [-0.1, -0.05) is 0 Å². The zero-order valence-corrected chi connectivity index (χ0v) is 8.58. The van der Waals surface area contributed by atoms with Crippen molar-refractivity contribution in [2.24, 2.45) is 0 Å². The molecule has 0 spiro atoms. The Morgan fingerprint density at radius 1 is 1.50 bits per heavy atom. The van der Waals surface area contributed by atoms with Crippen LogP contribution >= 0.6 is 0 Å². The summed E-state index contributed by atoms with van der Waals surface area (Å²) in [6, 6.07) is 0.576. The molecule has 0 amide bonds. The van der Waals surface area contributed by atoms with Crippen molar-refractivity contribution in [3.63, 3.8) is 0 Å². The SMILES string of the molecule is CC1(C)OCc2nc(N)n(C3CC3)c21. The third-order valence-electron chi connectivity index (χ3n) is 3.06. The Morgan fingerprint density at radius 3 is 2.86 bits per heavy atom. The van der Waals surface area contributed by atoms with Crippen LogP contribution in [0.1, 0.15) is 44.1 Å². The smallest absolute Gasteiger partial charge is 0.201 e. The predicted molar refractivity (Wildman–Crippen MR) is 52.7 cm³/mol. The van der Waals surface area contributed by atoms with E-state index >= 15 is 0 Å². The van der Waals surface area contributed by atoms with E-state index in [2.05, 4.69) is 23.4 Å². The second-order valence-electron chi connectivity index (χ2n) is 4.67. The predicted octanol–water partition coefficient (Wildman–Crippen LogP) is 1.57. The Kier molecular flexibility index (Phi) is 1.37. The molecule has 76 valence electrons. The molecule has 1 saturated carbocycles. The van der Waals surface area contributed by atoms with Gasteiger partial charge in [0.15, 0.2) is 0 Å². The van der Waals surface area contributed by atoms with E-state index in [0.29, 0.717) is 18.6 Å². The van der Waals surface area contributed by atoms with Crippen molar-refractivity contribution in [2.75, 3.05) is 5.73 Å². The standard InChI is InChI=1S/C10H15N3O/c1-10(2)8-7(5-14-10)12-9(11)13(8)6-3-4-6/h6H,3-5H2,1-2H3,(H2,11,12). The average molecular weight is 193 g/mol.